The Morgan fingerprint density at radius 2 is 0.660 bits per heavy atom. The van der Waals surface area contributed by atoms with Gasteiger partial charge in [-0.05, 0) is 37.0 Å². The third-order valence-corrected chi connectivity index (χ3v) is 10.8. The van der Waals surface area contributed by atoms with Gasteiger partial charge in [0.05, 0.1) is 0 Å². The zero-order valence-corrected chi connectivity index (χ0v) is 36.3. The highest BCUT2D eigenvalue weighted by Gasteiger charge is 2.19. The van der Waals surface area contributed by atoms with Crippen molar-refractivity contribution in [3.05, 3.63) is 0 Å². The Balaban J connectivity index is 4.34. The van der Waals surface area contributed by atoms with Crippen molar-refractivity contribution in [2.75, 3.05) is 13.2 Å². The van der Waals surface area contributed by atoms with Gasteiger partial charge in [-0.25, -0.2) is 0 Å². The maximum Gasteiger partial charge on any atom is 0.306 e. The lowest BCUT2D eigenvalue weighted by atomic mass is 9.99. The van der Waals surface area contributed by atoms with E-state index in [0.717, 1.165) is 75.5 Å². The minimum absolute atomic E-state index is 0.0666. The second kappa shape index (κ2) is 38.7. The van der Waals surface area contributed by atoms with Crippen molar-refractivity contribution in [2.24, 2.45) is 17.8 Å². The van der Waals surface area contributed by atoms with E-state index in [1.807, 2.05) is 0 Å². The van der Waals surface area contributed by atoms with Gasteiger partial charge in [-0.15, -0.1) is 0 Å². The van der Waals surface area contributed by atoms with Crippen molar-refractivity contribution in [3.63, 3.8) is 0 Å². The standard InChI is InChI=1S/C47H90O6/c1-7-43(6)35-29-23-17-10-8-9-11-18-24-30-36-45(48)51-39-44(40-52-46(49)37-31-25-20-14-16-22-28-34-42(4)5)53-47(50)38-32-26-19-13-12-15-21-27-33-41(2)3/h41-44H,7-40H2,1-6H3/t43?,44-/m0/s1. The first-order valence-corrected chi connectivity index (χ1v) is 23.1. The van der Waals surface area contributed by atoms with E-state index >= 15 is 0 Å². The summed E-state index contributed by atoms with van der Waals surface area (Å²) in [7, 11) is 0. The van der Waals surface area contributed by atoms with Crippen LogP contribution in [-0.2, 0) is 28.6 Å². The highest BCUT2D eigenvalue weighted by atomic mass is 16.6. The predicted octanol–water partition coefficient (Wildman–Crippen LogP) is 14.4. The summed E-state index contributed by atoms with van der Waals surface area (Å²) in [5, 5.41) is 0. The lowest BCUT2D eigenvalue weighted by molar-refractivity contribution is -0.167. The highest BCUT2D eigenvalue weighted by Crippen LogP contribution is 2.17. The monoisotopic (exact) mass is 751 g/mol. The number of carbonyl (C=O) groups excluding carboxylic acids is 3. The molecule has 1 unspecified atom stereocenters. The Kier molecular flexibility index (Phi) is 37.5. The number of esters is 3. The fourth-order valence-electron chi connectivity index (χ4n) is 6.85. The number of rotatable bonds is 40. The van der Waals surface area contributed by atoms with Crippen LogP contribution in [0.15, 0.2) is 0 Å². The molecular formula is C47H90O6. The van der Waals surface area contributed by atoms with E-state index in [1.54, 1.807) is 0 Å². The van der Waals surface area contributed by atoms with Gasteiger partial charge in [0.1, 0.15) is 13.2 Å². The van der Waals surface area contributed by atoms with Crippen LogP contribution in [0.1, 0.15) is 247 Å². The van der Waals surface area contributed by atoms with Crippen LogP contribution < -0.4 is 0 Å². The van der Waals surface area contributed by atoms with Crippen molar-refractivity contribution >= 4 is 17.9 Å². The quantitative estimate of drug-likeness (QED) is 0.0352. The molecule has 0 N–H and O–H groups in total. The van der Waals surface area contributed by atoms with E-state index in [1.165, 1.54) is 128 Å². The summed E-state index contributed by atoms with van der Waals surface area (Å²) in [4.78, 5) is 37.7. The average Bonchev–Trinajstić information content (AvgIpc) is 3.12. The smallest absolute Gasteiger partial charge is 0.306 e. The number of carbonyl (C=O) groups is 3. The summed E-state index contributed by atoms with van der Waals surface area (Å²) in [5.74, 6) is 1.58. The number of hydrogen-bond donors (Lipinski definition) is 0. The van der Waals surface area contributed by atoms with Gasteiger partial charge in [0.2, 0.25) is 0 Å². The van der Waals surface area contributed by atoms with E-state index in [0.29, 0.717) is 19.3 Å². The zero-order valence-electron chi connectivity index (χ0n) is 36.3. The SMILES string of the molecule is CCC(C)CCCCCCCCCCCCC(=O)OC[C@@H](COC(=O)CCCCCCCCCC(C)C)OC(=O)CCCCCCCCCCC(C)C. The second-order valence-electron chi connectivity index (χ2n) is 17.2. The number of ether oxygens (including phenoxy) is 3. The third-order valence-electron chi connectivity index (χ3n) is 10.8. The Morgan fingerprint density at radius 3 is 0.981 bits per heavy atom. The molecule has 0 bridgehead atoms. The fraction of sp³-hybridized carbons (Fsp3) is 0.936. The molecule has 0 heterocycles. The van der Waals surface area contributed by atoms with E-state index in [2.05, 4.69) is 41.5 Å². The minimum atomic E-state index is -0.762. The second-order valence-corrected chi connectivity index (χ2v) is 17.2. The van der Waals surface area contributed by atoms with Gasteiger partial charge in [0.15, 0.2) is 6.10 Å². The first kappa shape index (κ1) is 51.4. The van der Waals surface area contributed by atoms with E-state index in [9.17, 15) is 14.4 Å². The molecule has 0 fully saturated rings. The van der Waals surface area contributed by atoms with Crippen molar-refractivity contribution in [1.29, 1.82) is 0 Å². The van der Waals surface area contributed by atoms with Gasteiger partial charge in [-0.1, -0.05) is 208 Å². The molecule has 0 spiro atoms. The molecular weight excluding hydrogens is 661 g/mol. The summed E-state index contributed by atoms with van der Waals surface area (Å²) in [5.41, 5.74) is 0. The first-order valence-electron chi connectivity index (χ1n) is 23.1. The Labute approximate surface area is 329 Å². The molecule has 6 heteroatoms. The summed E-state index contributed by atoms with van der Waals surface area (Å²) in [6.07, 6.45) is 35.2. The van der Waals surface area contributed by atoms with Crippen LogP contribution in [0, 0.1) is 17.8 Å². The van der Waals surface area contributed by atoms with Gasteiger partial charge in [-0.3, -0.25) is 14.4 Å². The molecule has 0 aromatic heterocycles. The molecule has 0 saturated carbocycles. The maximum absolute atomic E-state index is 12.7. The third kappa shape index (κ3) is 39.9. The summed E-state index contributed by atoms with van der Waals surface area (Å²) < 4.78 is 16.7. The molecule has 0 aliphatic rings. The molecule has 0 rings (SSSR count). The summed E-state index contributed by atoms with van der Waals surface area (Å²) in [6, 6.07) is 0. The largest absolute Gasteiger partial charge is 0.462 e. The molecule has 0 radical (unpaired) electrons. The van der Waals surface area contributed by atoms with Gasteiger partial charge in [0.25, 0.3) is 0 Å². The molecule has 0 aromatic rings. The summed E-state index contributed by atoms with van der Waals surface area (Å²) >= 11 is 0. The molecule has 6 nitrogen and oxygen atoms in total. The lowest BCUT2D eigenvalue weighted by Gasteiger charge is -2.18. The van der Waals surface area contributed by atoms with Crippen molar-refractivity contribution in [1.82, 2.24) is 0 Å². The van der Waals surface area contributed by atoms with E-state index in [4.69, 9.17) is 14.2 Å². The van der Waals surface area contributed by atoms with Gasteiger partial charge < -0.3 is 14.2 Å². The lowest BCUT2D eigenvalue weighted by Crippen LogP contribution is -2.30. The van der Waals surface area contributed by atoms with Gasteiger partial charge in [0, 0.05) is 19.3 Å². The number of hydrogen-bond acceptors (Lipinski definition) is 6. The molecule has 0 aliphatic carbocycles. The van der Waals surface area contributed by atoms with Crippen LogP contribution in [0.5, 0.6) is 0 Å². The van der Waals surface area contributed by atoms with Crippen LogP contribution in [0.2, 0.25) is 0 Å². The highest BCUT2D eigenvalue weighted by molar-refractivity contribution is 5.71. The van der Waals surface area contributed by atoms with Gasteiger partial charge in [-0.2, -0.15) is 0 Å². The van der Waals surface area contributed by atoms with Crippen LogP contribution in [0.4, 0.5) is 0 Å². The number of unbranched alkanes of at least 4 members (excludes halogenated alkanes) is 22. The normalized spacial score (nSPS) is 12.7. The molecule has 0 aromatic carbocycles. The minimum Gasteiger partial charge on any atom is -0.462 e. The molecule has 0 saturated heterocycles. The Morgan fingerprint density at radius 1 is 0.377 bits per heavy atom. The molecule has 2 atom stereocenters. The van der Waals surface area contributed by atoms with Gasteiger partial charge >= 0.3 is 17.9 Å². The topological polar surface area (TPSA) is 78.9 Å². The van der Waals surface area contributed by atoms with Crippen LogP contribution >= 0.6 is 0 Å². The van der Waals surface area contributed by atoms with Crippen molar-refractivity contribution < 1.29 is 28.6 Å². The summed E-state index contributed by atoms with van der Waals surface area (Å²) in [6.45, 7) is 13.6. The Bertz CT molecular complexity index is 824. The fourth-order valence-corrected chi connectivity index (χ4v) is 6.85. The molecule has 0 amide bonds. The molecule has 53 heavy (non-hydrogen) atoms. The van der Waals surface area contributed by atoms with E-state index < -0.39 is 6.10 Å². The van der Waals surface area contributed by atoms with Crippen molar-refractivity contribution in [3.8, 4) is 0 Å². The van der Waals surface area contributed by atoms with Crippen LogP contribution in [0.25, 0.3) is 0 Å². The predicted molar refractivity (Wildman–Crippen MR) is 224 cm³/mol. The average molecular weight is 751 g/mol. The van der Waals surface area contributed by atoms with Crippen LogP contribution in [0.3, 0.4) is 0 Å². The molecule has 0 aliphatic heterocycles. The molecule has 314 valence electrons. The Hall–Kier alpha value is -1.59. The first-order chi connectivity index (χ1) is 25.6. The zero-order chi connectivity index (χ0) is 39.2. The van der Waals surface area contributed by atoms with Crippen molar-refractivity contribution in [2.45, 2.75) is 253 Å². The van der Waals surface area contributed by atoms with Crippen LogP contribution in [-0.4, -0.2) is 37.2 Å². The maximum atomic E-state index is 12.7. The van der Waals surface area contributed by atoms with E-state index in [-0.39, 0.29) is 31.1 Å².